The zero-order valence-corrected chi connectivity index (χ0v) is 15.1. The van der Waals surface area contributed by atoms with Crippen molar-refractivity contribution >= 4 is 16.9 Å². The highest BCUT2D eigenvalue weighted by Crippen LogP contribution is 2.33. The van der Waals surface area contributed by atoms with Gasteiger partial charge in [-0.2, -0.15) is 0 Å². The molecular formula is C20H29NO2. The molecule has 1 N–H and O–H groups in total. The Kier molecular flexibility index (Phi) is 5.51. The van der Waals surface area contributed by atoms with Crippen LogP contribution in [0.4, 0.5) is 0 Å². The SMILES string of the molecule is CCCCc1c(C)n(CCC)c2c(C(=O)O)cc(C(C)C)cc12. The Morgan fingerprint density at radius 1 is 1.22 bits per heavy atom. The van der Waals surface area contributed by atoms with Crippen LogP contribution < -0.4 is 0 Å². The highest BCUT2D eigenvalue weighted by molar-refractivity contribution is 6.04. The molecule has 2 aromatic rings. The van der Waals surface area contributed by atoms with E-state index in [0.29, 0.717) is 11.5 Å². The van der Waals surface area contributed by atoms with E-state index >= 15 is 0 Å². The number of carboxylic acid groups (broad SMARTS) is 1. The van der Waals surface area contributed by atoms with Crippen LogP contribution in [-0.4, -0.2) is 15.6 Å². The van der Waals surface area contributed by atoms with Crippen LogP contribution in [0.15, 0.2) is 12.1 Å². The molecule has 0 aliphatic heterocycles. The molecule has 23 heavy (non-hydrogen) atoms. The number of nitrogens with zero attached hydrogens (tertiary/aromatic N) is 1. The topological polar surface area (TPSA) is 42.2 Å². The number of aryl methyl sites for hydroxylation is 2. The van der Waals surface area contributed by atoms with Crippen LogP contribution in [0.2, 0.25) is 0 Å². The third-order valence-corrected chi connectivity index (χ3v) is 4.69. The third kappa shape index (κ3) is 3.29. The van der Waals surface area contributed by atoms with E-state index in [4.69, 9.17) is 0 Å². The van der Waals surface area contributed by atoms with Gasteiger partial charge in [0, 0.05) is 17.6 Å². The van der Waals surface area contributed by atoms with Crippen molar-refractivity contribution < 1.29 is 9.90 Å². The summed E-state index contributed by atoms with van der Waals surface area (Å²) in [6.07, 6.45) is 4.31. The number of carbonyl (C=O) groups is 1. The lowest BCUT2D eigenvalue weighted by atomic mass is 9.95. The van der Waals surface area contributed by atoms with Crippen molar-refractivity contribution in [2.24, 2.45) is 0 Å². The molecule has 1 aromatic heterocycles. The van der Waals surface area contributed by atoms with Gasteiger partial charge in [0.15, 0.2) is 0 Å². The van der Waals surface area contributed by atoms with Crippen LogP contribution in [0.25, 0.3) is 10.9 Å². The van der Waals surface area contributed by atoms with E-state index in [1.54, 1.807) is 0 Å². The molecule has 0 radical (unpaired) electrons. The predicted molar refractivity (Wildman–Crippen MR) is 96.6 cm³/mol. The van der Waals surface area contributed by atoms with E-state index in [1.165, 1.54) is 11.3 Å². The Morgan fingerprint density at radius 3 is 2.43 bits per heavy atom. The van der Waals surface area contributed by atoms with Gasteiger partial charge in [-0.25, -0.2) is 4.79 Å². The molecule has 0 bridgehead atoms. The van der Waals surface area contributed by atoms with E-state index in [0.717, 1.165) is 48.7 Å². The minimum atomic E-state index is -0.825. The molecule has 0 aliphatic carbocycles. The second-order valence-corrected chi connectivity index (χ2v) is 6.74. The number of aromatic nitrogens is 1. The van der Waals surface area contributed by atoms with Crippen molar-refractivity contribution in [2.75, 3.05) is 0 Å². The molecule has 1 aromatic carbocycles. The van der Waals surface area contributed by atoms with Gasteiger partial charge in [-0.15, -0.1) is 0 Å². The number of fused-ring (bicyclic) bond motifs is 1. The normalized spacial score (nSPS) is 11.6. The molecule has 3 heteroatoms. The predicted octanol–water partition coefficient (Wildman–Crippen LogP) is 5.52. The van der Waals surface area contributed by atoms with Gasteiger partial charge in [0.2, 0.25) is 0 Å². The maximum Gasteiger partial charge on any atom is 0.337 e. The number of aromatic carboxylic acids is 1. The first kappa shape index (κ1) is 17.6. The summed E-state index contributed by atoms with van der Waals surface area (Å²) >= 11 is 0. The number of benzene rings is 1. The highest BCUT2D eigenvalue weighted by Gasteiger charge is 2.21. The van der Waals surface area contributed by atoms with Gasteiger partial charge < -0.3 is 9.67 Å². The molecule has 0 spiro atoms. The molecule has 0 unspecified atom stereocenters. The first-order valence-electron chi connectivity index (χ1n) is 8.81. The Bertz CT molecular complexity index is 710. The molecule has 0 aliphatic rings. The highest BCUT2D eigenvalue weighted by atomic mass is 16.4. The van der Waals surface area contributed by atoms with Gasteiger partial charge in [-0.1, -0.05) is 34.1 Å². The fourth-order valence-corrected chi connectivity index (χ4v) is 3.37. The van der Waals surface area contributed by atoms with E-state index in [-0.39, 0.29) is 0 Å². The van der Waals surface area contributed by atoms with Gasteiger partial charge in [-0.3, -0.25) is 0 Å². The average Bonchev–Trinajstić information content (AvgIpc) is 2.77. The van der Waals surface area contributed by atoms with Crippen LogP contribution >= 0.6 is 0 Å². The Balaban J connectivity index is 2.83. The molecule has 3 nitrogen and oxygen atoms in total. The van der Waals surface area contributed by atoms with Crippen LogP contribution in [0.5, 0.6) is 0 Å². The molecule has 0 saturated heterocycles. The van der Waals surface area contributed by atoms with Crippen LogP contribution in [0, 0.1) is 6.92 Å². The Morgan fingerprint density at radius 2 is 1.91 bits per heavy atom. The lowest BCUT2D eigenvalue weighted by Crippen LogP contribution is -2.06. The standard InChI is InChI=1S/C20H29NO2/c1-6-8-9-16-14(5)21(10-7-2)19-17(16)11-15(13(3)4)12-18(19)20(22)23/h11-13H,6-10H2,1-5H3,(H,22,23). The maximum atomic E-state index is 11.9. The molecule has 2 rings (SSSR count). The number of hydrogen-bond donors (Lipinski definition) is 1. The summed E-state index contributed by atoms with van der Waals surface area (Å²) in [4.78, 5) is 11.9. The number of carboxylic acids is 1. The van der Waals surface area contributed by atoms with Crippen LogP contribution in [0.3, 0.4) is 0 Å². The van der Waals surface area contributed by atoms with Gasteiger partial charge in [-0.05, 0) is 55.4 Å². The lowest BCUT2D eigenvalue weighted by Gasteiger charge is -2.11. The van der Waals surface area contributed by atoms with E-state index < -0.39 is 5.97 Å². The fraction of sp³-hybridized carbons (Fsp3) is 0.550. The van der Waals surface area contributed by atoms with Crippen molar-refractivity contribution in [3.8, 4) is 0 Å². The van der Waals surface area contributed by atoms with Crippen molar-refractivity contribution in [2.45, 2.75) is 72.8 Å². The molecule has 1 heterocycles. The quantitative estimate of drug-likeness (QED) is 0.730. The first-order valence-corrected chi connectivity index (χ1v) is 8.81. The largest absolute Gasteiger partial charge is 0.478 e. The monoisotopic (exact) mass is 315 g/mol. The third-order valence-electron chi connectivity index (χ3n) is 4.69. The number of unbranched alkanes of at least 4 members (excludes halogenated alkanes) is 1. The summed E-state index contributed by atoms with van der Waals surface area (Å²) in [6.45, 7) is 11.6. The number of rotatable bonds is 7. The summed E-state index contributed by atoms with van der Waals surface area (Å²) in [5, 5.41) is 10.9. The lowest BCUT2D eigenvalue weighted by molar-refractivity contribution is 0.0698. The van der Waals surface area contributed by atoms with E-state index in [2.05, 4.69) is 45.3 Å². The molecule has 0 amide bonds. The molecule has 126 valence electrons. The van der Waals surface area contributed by atoms with Crippen molar-refractivity contribution in [1.29, 1.82) is 0 Å². The molecular weight excluding hydrogens is 286 g/mol. The molecule has 0 saturated carbocycles. The summed E-state index contributed by atoms with van der Waals surface area (Å²) in [5.41, 5.74) is 5.04. The van der Waals surface area contributed by atoms with Crippen molar-refractivity contribution in [1.82, 2.24) is 4.57 Å². The zero-order valence-electron chi connectivity index (χ0n) is 15.1. The second kappa shape index (κ2) is 7.20. The van der Waals surface area contributed by atoms with Crippen LogP contribution in [0.1, 0.15) is 80.1 Å². The van der Waals surface area contributed by atoms with Gasteiger partial charge >= 0.3 is 5.97 Å². The van der Waals surface area contributed by atoms with Gasteiger partial charge in [0.05, 0.1) is 11.1 Å². The fourth-order valence-electron chi connectivity index (χ4n) is 3.37. The van der Waals surface area contributed by atoms with Crippen molar-refractivity contribution in [3.63, 3.8) is 0 Å². The summed E-state index contributed by atoms with van der Waals surface area (Å²) in [5.74, 6) is -0.499. The Hall–Kier alpha value is -1.77. The smallest absolute Gasteiger partial charge is 0.337 e. The van der Waals surface area contributed by atoms with Gasteiger partial charge in [0.1, 0.15) is 0 Å². The minimum absolute atomic E-state index is 0.325. The molecule has 0 atom stereocenters. The second-order valence-electron chi connectivity index (χ2n) is 6.74. The Labute approximate surface area is 139 Å². The van der Waals surface area contributed by atoms with Crippen molar-refractivity contribution in [3.05, 3.63) is 34.5 Å². The maximum absolute atomic E-state index is 11.9. The summed E-state index contributed by atoms with van der Waals surface area (Å²) in [7, 11) is 0. The summed E-state index contributed by atoms with van der Waals surface area (Å²) in [6, 6.07) is 4.08. The van der Waals surface area contributed by atoms with E-state index in [9.17, 15) is 9.90 Å². The van der Waals surface area contributed by atoms with E-state index in [1.807, 2.05) is 6.07 Å². The first-order chi connectivity index (χ1) is 10.9. The average molecular weight is 315 g/mol. The molecule has 0 fully saturated rings. The van der Waals surface area contributed by atoms with Gasteiger partial charge in [0.25, 0.3) is 0 Å². The zero-order chi connectivity index (χ0) is 17.1. The minimum Gasteiger partial charge on any atom is -0.478 e. The van der Waals surface area contributed by atoms with Crippen LogP contribution in [-0.2, 0) is 13.0 Å². The number of hydrogen-bond acceptors (Lipinski definition) is 1. The summed E-state index contributed by atoms with van der Waals surface area (Å²) < 4.78 is 2.22.